The first-order valence-corrected chi connectivity index (χ1v) is 4.42. The van der Waals surface area contributed by atoms with Crippen molar-refractivity contribution in [1.82, 2.24) is 0 Å². The van der Waals surface area contributed by atoms with E-state index >= 15 is 0 Å². The van der Waals surface area contributed by atoms with Crippen molar-refractivity contribution in [1.29, 1.82) is 0 Å². The van der Waals surface area contributed by atoms with Crippen LogP contribution < -0.4 is 0 Å². The fourth-order valence-electron chi connectivity index (χ4n) is 0.763. The quantitative estimate of drug-likeness (QED) is 0.574. The molecule has 2 nitrogen and oxygen atoms in total. The number of hydrogen-bond donors (Lipinski definition) is 0. The first kappa shape index (κ1) is 10.2. The molecule has 0 atom stereocenters. The number of aliphatic imine (C=N–C) groups is 1. The summed E-state index contributed by atoms with van der Waals surface area (Å²) in [5.74, 6) is -1.10. The van der Waals surface area contributed by atoms with Gasteiger partial charge in [-0.05, 0) is 46.3 Å². The highest BCUT2D eigenvalue weighted by molar-refractivity contribution is 9.10. The van der Waals surface area contributed by atoms with Gasteiger partial charge in [0.05, 0.1) is 10.7 Å². The molecule has 0 saturated carbocycles. The summed E-state index contributed by atoms with van der Waals surface area (Å²) >= 11 is 7.35. The molecule has 0 heterocycles. The Labute approximate surface area is 87.6 Å². The highest BCUT2D eigenvalue weighted by Crippen LogP contribution is 2.18. The molecule has 1 rings (SSSR count). The number of nitrogens with zero attached hydrogens (tertiary/aromatic N) is 1. The van der Waals surface area contributed by atoms with Crippen LogP contribution in [0.1, 0.15) is 10.4 Å². The van der Waals surface area contributed by atoms with Crippen LogP contribution in [0.25, 0.3) is 0 Å². The standard InChI is InChI=1S/C8H3BrFNOS/c9-7-2-1-5(10)3-6(7)8(12)11-4-13/h1-3H. The minimum atomic E-state index is -0.610. The fourth-order valence-corrected chi connectivity index (χ4v) is 1.26. The Morgan fingerprint density at radius 2 is 2.31 bits per heavy atom. The van der Waals surface area contributed by atoms with E-state index in [-0.39, 0.29) is 5.56 Å². The zero-order valence-electron chi connectivity index (χ0n) is 6.25. The summed E-state index contributed by atoms with van der Waals surface area (Å²) in [7, 11) is 0. The van der Waals surface area contributed by atoms with Crippen LogP contribution in [0, 0.1) is 5.82 Å². The Balaban J connectivity index is 3.20. The van der Waals surface area contributed by atoms with Crippen LogP contribution in [0.5, 0.6) is 0 Å². The van der Waals surface area contributed by atoms with Gasteiger partial charge in [0.2, 0.25) is 0 Å². The first-order chi connectivity index (χ1) is 6.15. The predicted octanol–water partition coefficient (Wildman–Crippen LogP) is 2.83. The van der Waals surface area contributed by atoms with E-state index in [9.17, 15) is 9.18 Å². The number of halogens is 2. The van der Waals surface area contributed by atoms with Gasteiger partial charge in [0.15, 0.2) is 0 Å². The molecule has 0 bridgehead atoms. The third-order valence-corrected chi connectivity index (χ3v) is 2.09. The minimum absolute atomic E-state index is 0.136. The average Bonchev–Trinajstić information content (AvgIpc) is 2.09. The lowest BCUT2D eigenvalue weighted by atomic mass is 10.2. The Hall–Kier alpha value is -0.900. The van der Waals surface area contributed by atoms with Crippen LogP contribution in [0.2, 0.25) is 0 Å². The van der Waals surface area contributed by atoms with Gasteiger partial charge in [-0.3, -0.25) is 4.79 Å². The van der Waals surface area contributed by atoms with Crippen molar-refractivity contribution in [3.8, 4) is 0 Å². The van der Waals surface area contributed by atoms with Gasteiger partial charge in [0.25, 0.3) is 5.91 Å². The van der Waals surface area contributed by atoms with Crippen molar-refractivity contribution >= 4 is 39.2 Å². The molecule has 0 aliphatic heterocycles. The molecule has 13 heavy (non-hydrogen) atoms. The molecule has 0 fully saturated rings. The SMILES string of the molecule is O=C(N=C=S)c1cc(F)ccc1Br. The Kier molecular flexibility index (Phi) is 3.42. The lowest BCUT2D eigenvalue weighted by molar-refractivity contribution is 0.100. The number of hydrogen-bond acceptors (Lipinski definition) is 2. The maximum Gasteiger partial charge on any atom is 0.287 e. The second-order valence-electron chi connectivity index (χ2n) is 2.13. The van der Waals surface area contributed by atoms with E-state index in [1.165, 1.54) is 12.1 Å². The van der Waals surface area contributed by atoms with Crippen LogP contribution in [-0.4, -0.2) is 11.1 Å². The molecule has 0 aliphatic carbocycles. The maximum atomic E-state index is 12.7. The number of carbonyl (C=O) groups is 1. The molecule has 1 aromatic rings. The van der Waals surface area contributed by atoms with Crippen molar-refractivity contribution in [3.05, 3.63) is 34.1 Å². The number of amides is 1. The highest BCUT2D eigenvalue weighted by atomic mass is 79.9. The van der Waals surface area contributed by atoms with Crippen LogP contribution >= 0.6 is 28.1 Å². The van der Waals surface area contributed by atoms with Crippen molar-refractivity contribution in [2.75, 3.05) is 0 Å². The topological polar surface area (TPSA) is 29.4 Å². The van der Waals surface area contributed by atoms with Gasteiger partial charge in [-0.2, -0.15) is 4.99 Å². The molecule has 0 aromatic heterocycles. The second kappa shape index (κ2) is 4.37. The summed E-state index contributed by atoms with van der Waals surface area (Å²) in [5.41, 5.74) is 0.136. The second-order valence-corrected chi connectivity index (χ2v) is 3.17. The van der Waals surface area contributed by atoms with Crippen LogP contribution in [0.3, 0.4) is 0 Å². The molecule has 0 saturated heterocycles. The predicted molar refractivity (Wildman–Crippen MR) is 53.5 cm³/mol. The van der Waals surface area contributed by atoms with Crippen molar-refractivity contribution < 1.29 is 9.18 Å². The van der Waals surface area contributed by atoms with E-state index in [0.717, 1.165) is 6.07 Å². The Morgan fingerprint density at radius 1 is 1.62 bits per heavy atom. The number of rotatable bonds is 1. The normalized spacial score (nSPS) is 9.08. The van der Waals surface area contributed by atoms with Crippen molar-refractivity contribution in [2.24, 2.45) is 4.99 Å². The molecular weight excluding hydrogens is 257 g/mol. The van der Waals surface area contributed by atoms with Gasteiger partial charge in [-0.15, -0.1) is 0 Å². The Bertz CT molecular complexity index is 401. The molecule has 1 aromatic carbocycles. The van der Waals surface area contributed by atoms with E-state index in [1.54, 1.807) is 0 Å². The molecule has 0 unspecified atom stereocenters. The molecular formula is C8H3BrFNOS. The monoisotopic (exact) mass is 259 g/mol. The van der Waals surface area contributed by atoms with Gasteiger partial charge >= 0.3 is 0 Å². The molecule has 0 aliphatic rings. The smallest absolute Gasteiger partial charge is 0.266 e. The third kappa shape index (κ3) is 2.52. The van der Waals surface area contributed by atoms with Gasteiger partial charge < -0.3 is 0 Å². The van der Waals surface area contributed by atoms with Crippen molar-refractivity contribution in [2.45, 2.75) is 0 Å². The van der Waals surface area contributed by atoms with E-state index < -0.39 is 11.7 Å². The Morgan fingerprint density at radius 3 is 2.92 bits per heavy atom. The lowest BCUT2D eigenvalue weighted by Crippen LogP contribution is -1.96. The summed E-state index contributed by atoms with van der Waals surface area (Å²) < 4.78 is 13.2. The molecule has 1 amide bonds. The zero-order chi connectivity index (χ0) is 9.84. The number of carbonyl (C=O) groups excluding carboxylic acids is 1. The number of isothiocyanates is 1. The highest BCUT2D eigenvalue weighted by Gasteiger charge is 2.09. The number of thiocarbonyl (C=S) groups is 1. The molecule has 66 valence electrons. The third-order valence-electron chi connectivity index (χ3n) is 1.31. The summed E-state index contributed by atoms with van der Waals surface area (Å²) in [6.07, 6.45) is 0. The van der Waals surface area contributed by atoms with Gasteiger partial charge in [-0.25, -0.2) is 4.39 Å². The molecule has 0 radical (unpaired) electrons. The lowest BCUT2D eigenvalue weighted by Gasteiger charge is -1.97. The fraction of sp³-hybridized carbons (Fsp3) is 0. The average molecular weight is 260 g/mol. The van der Waals surface area contributed by atoms with Crippen molar-refractivity contribution in [3.63, 3.8) is 0 Å². The largest absolute Gasteiger partial charge is 0.287 e. The van der Waals surface area contributed by atoms with Crippen LogP contribution in [0.15, 0.2) is 27.7 Å². The zero-order valence-corrected chi connectivity index (χ0v) is 8.65. The van der Waals surface area contributed by atoms with Gasteiger partial charge in [0.1, 0.15) is 5.82 Å². The summed E-state index contributed by atoms with van der Waals surface area (Å²) in [6, 6.07) is 3.76. The summed E-state index contributed by atoms with van der Waals surface area (Å²) in [6.45, 7) is 0. The molecule has 5 heteroatoms. The summed E-state index contributed by atoms with van der Waals surface area (Å²) in [5, 5.41) is 1.93. The maximum absolute atomic E-state index is 12.7. The first-order valence-electron chi connectivity index (χ1n) is 3.22. The van der Waals surface area contributed by atoms with Gasteiger partial charge in [-0.1, -0.05) is 0 Å². The summed E-state index contributed by atoms with van der Waals surface area (Å²) in [4.78, 5) is 14.4. The molecule has 0 N–H and O–H groups in total. The van der Waals surface area contributed by atoms with E-state index in [4.69, 9.17) is 0 Å². The van der Waals surface area contributed by atoms with E-state index in [0.29, 0.717) is 4.47 Å². The van der Waals surface area contributed by atoms with Crippen LogP contribution in [0.4, 0.5) is 4.39 Å². The van der Waals surface area contributed by atoms with E-state index in [1.807, 2.05) is 5.16 Å². The minimum Gasteiger partial charge on any atom is -0.266 e. The van der Waals surface area contributed by atoms with Gasteiger partial charge in [0, 0.05) is 4.47 Å². The van der Waals surface area contributed by atoms with E-state index in [2.05, 4.69) is 33.1 Å². The van der Waals surface area contributed by atoms with Crippen LogP contribution in [-0.2, 0) is 0 Å². The molecule has 0 spiro atoms. The number of benzene rings is 1.